The molecule has 3 aliphatic carbocycles. The lowest BCUT2D eigenvalue weighted by Gasteiger charge is -2.55. The molecule has 4 aliphatic rings. The van der Waals surface area contributed by atoms with Crippen molar-refractivity contribution in [2.24, 2.45) is 11.8 Å². The van der Waals surface area contributed by atoms with E-state index in [-0.39, 0.29) is 48.6 Å². The Bertz CT molecular complexity index is 638. The van der Waals surface area contributed by atoms with Gasteiger partial charge in [0.1, 0.15) is 12.8 Å². The number of carbonyl (C=O) groups is 2. The third-order valence-corrected chi connectivity index (χ3v) is 8.53. The first-order valence-corrected chi connectivity index (χ1v) is 12.8. The smallest absolute Gasteiger partial charge is 0.248 e. The quantitative estimate of drug-likeness (QED) is 0.653. The molecule has 6 atom stereocenters. The van der Waals surface area contributed by atoms with E-state index in [1.54, 1.807) is 6.92 Å². The van der Waals surface area contributed by atoms with Crippen LogP contribution in [0.5, 0.6) is 0 Å². The van der Waals surface area contributed by atoms with Gasteiger partial charge < -0.3 is 14.5 Å². The fourth-order valence-corrected chi connectivity index (χ4v) is 7.03. The maximum atomic E-state index is 14.7. The molecule has 4 rings (SSSR count). The van der Waals surface area contributed by atoms with Crippen molar-refractivity contribution < 1.29 is 18.7 Å². The van der Waals surface area contributed by atoms with Gasteiger partial charge in [0.25, 0.3) is 0 Å². The monoisotopic (exact) mass is 436 g/mol. The maximum absolute atomic E-state index is 14.7. The Balaban J connectivity index is 1.47. The Labute approximate surface area is 187 Å². The number of hydrogen-bond acceptors (Lipinski definition) is 3. The Hall–Kier alpha value is -1.17. The van der Waals surface area contributed by atoms with Crippen LogP contribution < -0.4 is 0 Å². The van der Waals surface area contributed by atoms with Gasteiger partial charge in [-0.25, -0.2) is 4.39 Å². The second kappa shape index (κ2) is 10.2. The van der Waals surface area contributed by atoms with Gasteiger partial charge in [0, 0.05) is 19.5 Å². The summed E-state index contributed by atoms with van der Waals surface area (Å²) in [5, 5.41) is 0. The first kappa shape index (κ1) is 23.0. The van der Waals surface area contributed by atoms with Crippen LogP contribution in [0.2, 0.25) is 0 Å². The van der Waals surface area contributed by atoms with Gasteiger partial charge >= 0.3 is 0 Å². The van der Waals surface area contributed by atoms with Crippen LogP contribution in [-0.4, -0.2) is 65.2 Å². The fourth-order valence-electron chi connectivity index (χ4n) is 7.03. The van der Waals surface area contributed by atoms with E-state index in [2.05, 4.69) is 0 Å². The fraction of sp³-hybridized carbons (Fsp3) is 0.920. The molecule has 1 saturated heterocycles. The number of rotatable bonds is 4. The molecular formula is C25H41FN2O3. The maximum Gasteiger partial charge on any atom is 0.248 e. The Morgan fingerprint density at radius 1 is 0.935 bits per heavy atom. The third kappa shape index (κ3) is 5.09. The van der Waals surface area contributed by atoms with Crippen LogP contribution in [0, 0.1) is 11.8 Å². The first-order valence-electron chi connectivity index (χ1n) is 12.8. The van der Waals surface area contributed by atoms with Crippen LogP contribution in [0.3, 0.4) is 0 Å². The second-order valence-corrected chi connectivity index (χ2v) is 10.6. The van der Waals surface area contributed by atoms with Gasteiger partial charge in [0.2, 0.25) is 11.8 Å². The lowest BCUT2D eigenvalue weighted by atomic mass is 9.69. The van der Waals surface area contributed by atoms with Gasteiger partial charge in [-0.3, -0.25) is 9.59 Å². The van der Waals surface area contributed by atoms with Crippen molar-refractivity contribution in [3.05, 3.63) is 0 Å². The molecule has 0 bridgehead atoms. The summed E-state index contributed by atoms with van der Waals surface area (Å²) in [7, 11) is 0. The summed E-state index contributed by atoms with van der Waals surface area (Å²) in [4.78, 5) is 29.7. The molecule has 1 aliphatic heterocycles. The summed E-state index contributed by atoms with van der Waals surface area (Å²) in [5.74, 6) is 0.577. The van der Waals surface area contributed by atoms with Crippen molar-refractivity contribution in [1.82, 2.24) is 9.80 Å². The average Bonchev–Trinajstić information content (AvgIpc) is 2.77. The summed E-state index contributed by atoms with van der Waals surface area (Å²) in [6.45, 7) is 4.39. The van der Waals surface area contributed by atoms with Crippen LogP contribution in [0.4, 0.5) is 4.39 Å². The summed E-state index contributed by atoms with van der Waals surface area (Å²) in [6, 6.07) is 0.0609. The number of nitrogens with zero attached hydrogens (tertiary/aromatic N) is 2. The molecular weight excluding hydrogens is 395 g/mol. The minimum absolute atomic E-state index is 0.00423. The molecule has 0 radical (unpaired) electrons. The van der Waals surface area contributed by atoms with E-state index < -0.39 is 6.17 Å². The van der Waals surface area contributed by atoms with E-state index in [0.717, 1.165) is 51.4 Å². The SMILES string of the molecule is CC(=O)N1C2CCC(C3CCCCC3F)CC2N(C(=O)COC2CCCCC2)C[C@@H]1C. The van der Waals surface area contributed by atoms with Crippen molar-refractivity contribution in [2.45, 2.75) is 121 Å². The Morgan fingerprint density at radius 3 is 2.35 bits per heavy atom. The Morgan fingerprint density at radius 2 is 1.65 bits per heavy atom. The largest absolute Gasteiger partial charge is 0.368 e. The molecule has 0 aromatic carbocycles. The minimum Gasteiger partial charge on any atom is -0.368 e. The van der Waals surface area contributed by atoms with Crippen LogP contribution in [0.1, 0.15) is 90.9 Å². The van der Waals surface area contributed by atoms with Crippen LogP contribution in [-0.2, 0) is 14.3 Å². The number of fused-ring (bicyclic) bond motifs is 1. The van der Waals surface area contributed by atoms with E-state index in [9.17, 15) is 14.0 Å². The molecule has 31 heavy (non-hydrogen) atoms. The zero-order valence-electron chi connectivity index (χ0n) is 19.4. The van der Waals surface area contributed by atoms with Crippen LogP contribution >= 0.6 is 0 Å². The Kier molecular flexibility index (Phi) is 7.56. The molecule has 3 saturated carbocycles. The highest BCUT2D eigenvalue weighted by Crippen LogP contribution is 2.43. The number of halogens is 1. The van der Waals surface area contributed by atoms with E-state index in [0.29, 0.717) is 18.9 Å². The normalized spacial score (nSPS) is 37.4. The highest BCUT2D eigenvalue weighted by atomic mass is 19.1. The lowest BCUT2D eigenvalue weighted by molar-refractivity contribution is -0.159. The lowest BCUT2D eigenvalue weighted by Crippen LogP contribution is -2.67. The van der Waals surface area contributed by atoms with E-state index in [1.165, 1.54) is 19.3 Å². The van der Waals surface area contributed by atoms with Gasteiger partial charge in [-0.1, -0.05) is 32.1 Å². The van der Waals surface area contributed by atoms with E-state index in [4.69, 9.17) is 4.74 Å². The minimum atomic E-state index is -0.708. The topological polar surface area (TPSA) is 49.9 Å². The average molecular weight is 437 g/mol. The summed E-state index contributed by atoms with van der Waals surface area (Å²) >= 11 is 0. The van der Waals surface area contributed by atoms with Gasteiger partial charge in [0.05, 0.1) is 18.2 Å². The summed E-state index contributed by atoms with van der Waals surface area (Å²) in [6.07, 6.45) is 11.7. The molecule has 5 unspecified atom stereocenters. The van der Waals surface area contributed by atoms with Crippen LogP contribution in [0.25, 0.3) is 0 Å². The number of hydrogen-bond donors (Lipinski definition) is 0. The molecule has 0 aromatic rings. The zero-order valence-corrected chi connectivity index (χ0v) is 19.4. The predicted molar refractivity (Wildman–Crippen MR) is 118 cm³/mol. The molecule has 1 heterocycles. The van der Waals surface area contributed by atoms with Gasteiger partial charge in [-0.15, -0.1) is 0 Å². The molecule has 5 nitrogen and oxygen atoms in total. The predicted octanol–water partition coefficient (Wildman–Crippen LogP) is 4.48. The first-order chi connectivity index (χ1) is 15.0. The molecule has 176 valence electrons. The van der Waals surface area contributed by atoms with Crippen molar-refractivity contribution in [3.63, 3.8) is 0 Å². The highest BCUT2D eigenvalue weighted by Gasteiger charge is 2.48. The van der Waals surface area contributed by atoms with Gasteiger partial charge in [-0.2, -0.15) is 0 Å². The number of piperazine rings is 1. The molecule has 0 spiro atoms. The number of amides is 2. The second-order valence-electron chi connectivity index (χ2n) is 10.6. The van der Waals surface area contributed by atoms with Crippen molar-refractivity contribution in [3.8, 4) is 0 Å². The number of alkyl halides is 1. The molecule has 4 fully saturated rings. The van der Waals surface area contributed by atoms with Crippen molar-refractivity contribution >= 4 is 11.8 Å². The molecule has 2 amide bonds. The van der Waals surface area contributed by atoms with E-state index >= 15 is 0 Å². The molecule has 6 heteroatoms. The van der Waals surface area contributed by atoms with Gasteiger partial charge in [-0.05, 0) is 63.7 Å². The summed E-state index contributed by atoms with van der Waals surface area (Å²) < 4.78 is 20.8. The van der Waals surface area contributed by atoms with E-state index in [1.807, 2.05) is 16.7 Å². The van der Waals surface area contributed by atoms with Crippen molar-refractivity contribution in [1.29, 1.82) is 0 Å². The molecule has 0 N–H and O–H groups in total. The standard InChI is InChI=1S/C25H41FN2O3/c1-17-15-27(25(30)16-31-20-8-4-3-5-9-20)24-14-19(21-10-6-7-11-22(21)26)12-13-23(24)28(17)18(2)29/h17,19-24H,3-16H2,1-2H3/t17-,19?,21?,22?,23?,24?/m0/s1. The van der Waals surface area contributed by atoms with Crippen molar-refractivity contribution in [2.75, 3.05) is 13.2 Å². The zero-order chi connectivity index (χ0) is 22.0. The number of ether oxygens (including phenoxy) is 1. The van der Waals surface area contributed by atoms with Gasteiger partial charge in [0.15, 0.2) is 0 Å². The van der Waals surface area contributed by atoms with Crippen LogP contribution in [0.15, 0.2) is 0 Å². The molecule has 0 aromatic heterocycles. The summed E-state index contributed by atoms with van der Waals surface area (Å²) in [5.41, 5.74) is 0. The highest BCUT2D eigenvalue weighted by molar-refractivity contribution is 5.79. The number of carbonyl (C=O) groups excluding carboxylic acids is 2. The third-order valence-electron chi connectivity index (χ3n) is 8.53.